The molecule has 12 heteroatoms. The lowest BCUT2D eigenvalue weighted by Gasteiger charge is -2.22. The Kier molecular flexibility index (Phi) is 6.06. The van der Waals surface area contributed by atoms with Gasteiger partial charge in [0.25, 0.3) is 0 Å². The van der Waals surface area contributed by atoms with Crippen molar-refractivity contribution in [1.82, 2.24) is 4.72 Å². The summed E-state index contributed by atoms with van der Waals surface area (Å²) < 4.78 is 48.9. The second-order valence-corrected chi connectivity index (χ2v) is 12.2. The molecular formula is C13H13Cl4NO5S2. The van der Waals surface area contributed by atoms with Crippen LogP contribution in [-0.4, -0.2) is 44.0 Å². The monoisotopic (exact) mass is 467 g/mol. The molecule has 1 aliphatic rings. The van der Waals surface area contributed by atoms with Crippen molar-refractivity contribution >= 4 is 72.0 Å². The number of ketones is 1. The molecule has 1 aliphatic heterocycles. The number of rotatable bonds is 4. The number of benzene rings is 1. The maximum Gasteiger partial charge on any atom is 0.249 e. The minimum atomic E-state index is -4.14. The van der Waals surface area contributed by atoms with Gasteiger partial charge in [0.05, 0.1) is 22.3 Å². The van der Waals surface area contributed by atoms with Gasteiger partial charge in [-0.05, 0) is 24.6 Å². The van der Waals surface area contributed by atoms with Crippen molar-refractivity contribution in [2.24, 2.45) is 5.92 Å². The summed E-state index contributed by atoms with van der Waals surface area (Å²) >= 11 is 22.5. The number of sulfone groups is 1. The van der Waals surface area contributed by atoms with E-state index in [9.17, 15) is 21.6 Å². The number of sulfonamides is 1. The molecule has 6 nitrogen and oxygen atoms in total. The number of Topliss-reactive ketones (excluding diaryl/α,β-unsaturated/α-hetero) is 1. The molecule has 1 N–H and O–H groups in total. The molecule has 1 aromatic rings. The van der Waals surface area contributed by atoms with Gasteiger partial charge in [0.15, 0.2) is 15.6 Å². The van der Waals surface area contributed by atoms with Gasteiger partial charge in [-0.15, -0.1) is 0 Å². The molecule has 0 amide bonds. The maximum atomic E-state index is 12.6. The molecule has 1 heterocycles. The lowest BCUT2D eigenvalue weighted by Crippen LogP contribution is -2.45. The lowest BCUT2D eigenvalue weighted by atomic mass is 10.0. The van der Waals surface area contributed by atoms with E-state index in [0.29, 0.717) is 5.56 Å². The van der Waals surface area contributed by atoms with Gasteiger partial charge in [-0.3, -0.25) is 4.79 Å². The zero-order valence-electron chi connectivity index (χ0n) is 12.7. The van der Waals surface area contributed by atoms with Crippen molar-refractivity contribution in [3.8, 4) is 0 Å². The molecule has 0 radical (unpaired) electrons. The Hall–Kier alpha value is -0.0900. The summed E-state index contributed by atoms with van der Waals surface area (Å²) in [6.45, 7) is 1.56. The Bertz CT molecular complexity index is 909. The summed E-state index contributed by atoms with van der Waals surface area (Å²) in [5.74, 6) is -3.44. The standard InChI is InChI=1S/C13H13Cl4NO5S2/c1-7-2-3-8(14)4-11(7)25(22,23)18-10-6-24(20,21)5-9(10)12(19)13(15,16)17/h2-4,9-10,18H,5-6H2,1H3/t9-,10+/m0/s1. The third-order valence-corrected chi connectivity index (χ3v) is 7.87. The van der Waals surface area contributed by atoms with Gasteiger partial charge in [-0.2, -0.15) is 0 Å². The van der Waals surface area contributed by atoms with Crippen molar-refractivity contribution in [2.75, 3.05) is 11.5 Å². The van der Waals surface area contributed by atoms with Gasteiger partial charge in [0.2, 0.25) is 13.8 Å². The van der Waals surface area contributed by atoms with Crippen molar-refractivity contribution in [1.29, 1.82) is 0 Å². The molecule has 1 saturated heterocycles. The smallest absolute Gasteiger partial charge is 0.249 e. The van der Waals surface area contributed by atoms with Crippen LogP contribution in [0.3, 0.4) is 0 Å². The molecule has 140 valence electrons. The Morgan fingerprint density at radius 1 is 1.24 bits per heavy atom. The number of halogens is 4. The number of hydrogen-bond acceptors (Lipinski definition) is 5. The van der Waals surface area contributed by atoms with E-state index in [4.69, 9.17) is 46.4 Å². The Labute approximate surface area is 165 Å². The second-order valence-electron chi connectivity index (χ2n) is 5.68. The first-order valence-electron chi connectivity index (χ1n) is 6.83. The number of hydrogen-bond donors (Lipinski definition) is 1. The SMILES string of the molecule is Cc1ccc(Cl)cc1S(=O)(=O)N[C@@H]1CS(=O)(=O)C[C@@H]1C(=O)C(Cl)(Cl)Cl. The highest BCUT2D eigenvalue weighted by atomic mass is 35.6. The van der Waals surface area contributed by atoms with Crippen LogP contribution in [0.4, 0.5) is 0 Å². The molecule has 2 rings (SSSR count). The molecule has 0 saturated carbocycles. The number of carbonyl (C=O) groups is 1. The number of carbonyl (C=O) groups excluding carboxylic acids is 1. The fourth-order valence-electron chi connectivity index (χ4n) is 2.56. The maximum absolute atomic E-state index is 12.6. The normalized spacial score (nSPS) is 23.6. The van der Waals surface area contributed by atoms with Crippen molar-refractivity contribution in [3.63, 3.8) is 0 Å². The molecular weight excluding hydrogens is 456 g/mol. The Morgan fingerprint density at radius 2 is 1.84 bits per heavy atom. The third-order valence-electron chi connectivity index (χ3n) is 3.72. The predicted molar refractivity (Wildman–Crippen MR) is 97.7 cm³/mol. The van der Waals surface area contributed by atoms with Crippen LogP contribution in [0.1, 0.15) is 5.56 Å². The fourth-order valence-corrected chi connectivity index (χ4v) is 6.80. The van der Waals surface area contributed by atoms with Crippen LogP contribution >= 0.6 is 46.4 Å². The van der Waals surface area contributed by atoms with Crippen molar-refractivity contribution < 1.29 is 21.6 Å². The van der Waals surface area contributed by atoms with Crippen LogP contribution in [0.5, 0.6) is 0 Å². The molecule has 0 unspecified atom stereocenters. The van der Waals surface area contributed by atoms with Crippen LogP contribution in [0.15, 0.2) is 23.1 Å². The fraction of sp³-hybridized carbons (Fsp3) is 0.462. The van der Waals surface area contributed by atoms with E-state index in [0.717, 1.165) is 0 Å². The van der Waals surface area contributed by atoms with Crippen molar-refractivity contribution in [2.45, 2.75) is 21.7 Å². The minimum absolute atomic E-state index is 0.121. The number of nitrogens with one attached hydrogen (secondary N) is 1. The Morgan fingerprint density at radius 3 is 2.40 bits per heavy atom. The highest BCUT2D eigenvalue weighted by molar-refractivity contribution is 7.92. The van der Waals surface area contributed by atoms with Gasteiger partial charge >= 0.3 is 0 Å². The van der Waals surface area contributed by atoms with Crippen LogP contribution < -0.4 is 4.72 Å². The minimum Gasteiger partial charge on any atom is -0.294 e. The molecule has 1 fully saturated rings. The summed E-state index contributed by atoms with van der Waals surface area (Å²) in [4.78, 5) is 12.1. The molecule has 1 aromatic carbocycles. The Balaban J connectivity index is 2.39. The van der Waals surface area contributed by atoms with Crippen LogP contribution in [0, 0.1) is 12.8 Å². The van der Waals surface area contributed by atoms with Gasteiger partial charge in [-0.1, -0.05) is 52.5 Å². The van der Waals surface area contributed by atoms with E-state index in [1.54, 1.807) is 6.92 Å². The molecule has 0 spiro atoms. The molecule has 0 bridgehead atoms. The first-order chi connectivity index (χ1) is 11.2. The van der Waals surface area contributed by atoms with E-state index in [2.05, 4.69) is 4.72 Å². The topological polar surface area (TPSA) is 97.4 Å². The second kappa shape index (κ2) is 7.14. The highest BCUT2D eigenvalue weighted by Crippen LogP contribution is 2.35. The van der Waals surface area contributed by atoms with Crippen LogP contribution in [0.2, 0.25) is 5.02 Å². The molecule has 2 atom stereocenters. The summed E-state index contributed by atoms with van der Waals surface area (Å²) in [6, 6.07) is 3.02. The van der Waals surface area contributed by atoms with Gasteiger partial charge in [0, 0.05) is 11.1 Å². The number of alkyl halides is 3. The lowest BCUT2D eigenvalue weighted by molar-refractivity contribution is -0.121. The van der Waals surface area contributed by atoms with E-state index in [-0.39, 0.29) is 9.92 Å². The molecule has 0 aliphatic carbocycles. The molecule has 25 heavy (non-hydrogen) atoms. The number of aryl methyl sites for hydroxylation is 1. The highest BCUT2D eigenvalue weighted by Gasteiger charge is 2.49. The van der Waals surface area contributed by atoms with Gasteiger partial charge < -0.3 is 0 Å². The van der Waals surface area contributed by atoms with Crippen molar-refractivity contribution in [3.05, 3.63) is 28.8 Å². The average Bonchev–Trinajstić information content (AvgIpc) is 2.73. The molecule has 0 aromatic heterocycles. The van der Waals surface area contributed by atoms with E-state index >= 15 is 0 Å². The zero-order valence-corrected chi connectivity index (χ0v) is 17.3. The van der Waals surface area contributed by atoms with Gasteiger partial charge in [-0.25, -0.2) is 21.6 Å². The average molecular weight is 469 g/mol. The first-order valence-corrected chi connectivity index (χ1v) is 11.6. The first kappa shape index (κ1) is 21.2. The van der Waals surface area contributed by atoms with Gasteiger partial charge in [0.1, 0.15) is 0 Å². The summed E-state index contributed by atoms with van der Waals surface area (Å²) in [5, 5.41) is 0.193. The van der Waals surface area contributed by atoms with E-state index in [1.165, 1.54) is 18.2 Å². The summed E-state index contributed by atoms with van der Waals surface area (Å²) in [6.07, 6.45) is 0. The van der Waals surface area contributed by atoms with Crippen LogP contribution in [0.25, 0.3) is 0 Å². The quantitative estimate of drug-likeness (QED) is 0.683. The van der Waals surface area contributed by atoms with Crippen LogP contribution in [-0.2, 0) is 24.7 Å². The van der Waals surface area contributed by atoms with E-state index in [1.807, 2.05) is 0 Å². The predicted octanol–water partition coefficient (Wildman–Crippen LogP) is 2.28. The van der Waals surface area contributed by atoms with E-state index < -0.39 is 52.9 Å². The zero-order chi connectivity index (χ0) is 19.2. The summed E-state index contributed by atoms with van der Waals surface area (Å²) in [7, 11) is -7.81. The summed E-state index contributed by atoms with van der Waals surface area (Å²) in [5.41, 5.74) is 0.405. The largest absolute Gasteiger partial charge is 0.294 e. The third kappa shape index (κ3) is 5.00.